The normalized spacial score (nSPS) is 10.1. The van der Waals surface area contributed by atoms with Crippen LogP contribution in [0.2, 0.25) is 0 Å². The van der Waals surface area contributed by atoms with Crippen molar-refractivity contribution in [1.29, 1.82) is 0 Å². The highest BCUT2D eigenvalue weighted by atomic mass is 79.9. The molecular formula is C16H14BrNO4. The van der Waals surface area contributed by atoms with Crippen LogP contribution in [0, 0.1) is 0 Å². The molecule has 0 atom stereocenters. The summed E-state index contributed by atoms with van der Waals surface area (Å²) < 4.78 is 5.82. The molecular weight excluding hydrogens is 350 g/mol. The van der Waals surface area contributed by atoms with E-state index in [-0.39, 0.29) is 11.5 Å². The molecule has 0 unspecified atom stereocenters. The largest absolute Gasteiger partial charge is 0.496 e. The fraction of sp³-hybridized carbons (Fsp3) is 0.125. The molecule has 0 saturated carbocycles. The molecule has 0 fully saturated rings. The van der Waals surface area contributed by atoms with Gasteiger partial charge in [0.05, 0.1) is 17.1 Å². The average Bonchev–Trinajstić information content (AvgIpc) is 2.52. The predicted molar refractivity (Wildman–Crippen MR) is 85.3 cm³/mol. The van der Waals surface area contributed by atoms with Crippen molar-refractivity contribution in [3.05, 3.63) is 63.6 Å². The van der Waals surface area contributed by atoms with E-state index in [4.69, 9.17) is 9.84 Å². The van der Waals surface area contributed by atoms with Crippen LogP contribution in [0.5, 0.6) is 5.75 Å². The van der Waals surface area contributed by atoms with Gasteiger partial charge in [0.25, 0.3) is 5.91 Å². The van der Waals surface area contributed by atoms with Crippen LogP contribution in [0.1, 0.15) is 26.3 Å². The zero-order valence-corrected chi connectivity index (χ0v) is 13.4. The molecule has 22 heavy (non-hydrogen) atoms. The number of hydrogen-bond acceptors (Lipinski definition) is 3. The minimum Gasteiger partial charge on any atom is -0.496 e. The van der Waals surface area contributed by atoms with Gasteiger partial charge in [-0.15, -0.1) is 0 Å². The molecule has 0 aliphatic carbocycles. The van der Waals surface area contributed by atoms with Crippen molar-refractivity contribution < 1.29 is 19.4 Å². The molecule has 0 spiro atoms. The van der Waals surface area contributed by atoms with Crippen LogP contribution in [-0.4, -0.2) is 24.1 Å². The Morgan fingerprint density at radius 3 is 2.32 bits per heavy atom. The van der Waals surface area contributed by atoms with E-state index < -0.39 is 5.97 Å². The Labute approximate surface area is 136 Å². The van der Waals surface area contributed by atoms with E-state index in [9.17, 15) is 9.59 Å². The Morgan fingerprint density at radius 1 is 1.14 bits per heavy atom. The second-order valence-electron chi connectivity index (χ2n) is 4.53. The second kappa shape index (κ2) is 7.09. The Bertz CT molecular complexity index is 698. The number of amides is 1. The molecule has 1 amide bonds. The summed E-state index contributed by atoms with van der Waals surface area (Å²) in [5, 5.41) is 11.6. The maximum Gasteiger partial charge on any atom is 0.335 e. The number of carbonyl (C=O) groups excluding carboxylic acids is 1. The third kappa shape index (κ3) is 3.85. The van der Waals surface area contributed by atoms with Gasteiger partial charge >= 0.3 is 5.97 Å². The third-order valence-electron chi connectivity index (χ3n) is 3.07. The van der Waals surface area contributed by atoms with E-state index in [0.717, 1.165) is 5.56 Å². The molecule has 2 rings (SSSR count). The number of methoxy groups -OCH3 is 1. The highest BCUT2D eigenvalue weighted by Crippen LogP contribution is 2.25. The van der Waals surface area contributed by atoms with E-state index in [0.29, 0.717) is 22.3 Å². The van der Waals surface area contributed by atoms with Gasteiger partial charge in [0, 0.05) is 12.1 Å². The van der Waals surface area contributed by atoms with Crippen molar-refractivity contribution in [3.63, 3.8) is 0 Å². The molecule has 0 aromatic heterocycles. The van der Waals surface area contributed by atoms with Gasteiger partial charge in [0.15, 0.2) is 0 Å². The van der Waals surface area contributed by atoms with Crippen LogP contribution in [0.25, 0.3) is 0 Å². The molecule has 6 heteroatoms. The van der Waals surface area contributed by atoms with Crippen molar-refractivity contribution >= 4 is 27.8 Å². The molecule has 0 saturated heterocycles. The summed E-state index contributed by atoms with van der Waals surface area (Å²) in [6.45, 7) is 0.322. The van der Waals surface area contributed by atoms with E-state index >= 15 is 0 Å². The van der Waals surface area contributed by atoms with E-state index in [1.165, 1.54) is 12.1 Å². The molecule has 0 radical (unpaired) electrons. The first-order chi connectivity index (χ1) is 10.5. The lowest BCUT2D eigenvalue weighted by Gasteiger charge is -2.08. The van der Waals surface area contributed by atoms with Gasteiger partial charge < -0.3 is 15.2 Å². The van der Waals surface area contributed by atoms with E-state index in [1.807, 2.05) is 0 Å². The summed E-state index contributed by atoms with van der Waals surface area (Å²) in [6, 6.07) is 11.4. The third-order valence-corrected chi connectivity index (χ3v) is 3.69. The number of aromatic carboxylic acids is 1. The first-order valence-corrected chi connectivity index (χ1v) is 7.24. The number of nitrogens with one attached hydrogen (secondary N) is 1. The van der Waals surface area contributed by atoms with Crippen molar-refractivity contribution in [2.75, 3.05) is 7.11 Å². The fourth-order valence-corrected chi connectivity index (χ4v) is 2.40. The summed E-state index contributed by atoms with van der Waals surface area (Å²) in [7, 11) is 1.56. The van der Waals surface area contributed by atoms with E-state index in [2.05, 4.69) is 21.2 Å². The number of carboxylic acids is 1. The molecule has 0 aliphatic heterocycles. The van der Waals surface area contributed by atoms with Gasteiger partial charge in [-0.25, -0.2) is 4.79 Å². The van der Waals surface area contributed by atoms with E-state index in [1.54, 1.807) is 37.4 Å². The van der Waals surface area contributed by atoms with Crippen LogP contribution in [0.15, 0.2) is 46.9 Å². The van der Waals surface area contributed by atoms with Gasteiger partial charge in [-0.2, -0.15) is 0 Å². The zero-order valence-electron chi connectivity index (χ0n) is 11.8. The SMILES string of the molecule is COc1ccc(C(=O)NCc2ccc(C(=O)O)cc2)cc1Br. The predicted octanol–water partition coefficient (Wildman–Crippen LogP) is 3.09. The molecule has 2 aromatic rings. The van der Waals surface area contributed by atoms with Crippen molar-refractivity contribution in [2.24, 2.45) is 0 Å². The number of carbonyl (C=O) groups is 2. The summed E-state index contributed by atoms with van der Waals surface area (Å²) in [5.41, 5.74) is 1.55. The molecule has 2 N–H and O–H groups in total. The highest BCUT2D eigenvalue weighted by Gasteiger charge is 2.09. The fourth-order valence-electron chi connectivity index (χ4n) is 1.86. The topological polar surface area (TPSA) is 75.6 Å². The molecule has 5 nitrogen and oxygen atoms in total. The quantitative estimate of drug-likeness (QED) is 0.855. The first kappa shape index (κ1) is 16.0. The Kier molecular flexibility index (Phi) is 5.16. The summed E-state index contributed by atoms with van der Waals surface area (Å²) in [5.74, 6) is -0.537. The standard InChI is InChI=1S/C16H14BrNO4/c1-22-14-7-6-12(8-13(14)17)15(19)18-9-10-2-4-11(5-3-10)16(20)21/h2-8H,9H2,1H3,(H,18,19)(H,20,21). The minimum absolute atomic E-state index is 0.217. The van der Waals surface area contributed by atoms with Crippen molar-refractivity contribution in [3.8, 4) is 5.75 Å². The van der Waals surface area contributed by atoms with Crippen LogP contribution in [0.3, 0.4) is 0 Å². The maximum atomic E-state index is 12.1. The number of benzene rings is 2. The summed E-state index contributed by atoms with van der Waals surface area (Å²) >= 11 is 3.33. The average molecular weight is 364 g/mol. The van der Waals surface area contributed by atoms with Crippen molar-refractivity contribution in [2.45, 2.75) is 6.54 Å². The maximum absolute atomic E-state index is 12.1. The lowest BCUT2D eigenvalue weighted by molar-refractivity contribution is 0.0696. The Balaban J connectivity index is 2.00. The van der Waals surface area contributed by atoms with Gasteiger partial charge in [-0.05, 0) is 51.8 Å². The lowest BCUT2D eigenvalue weighted by atomic mass is 10.1. The van der Waals surface area contributed by atoms with Gasteiger partial charge in [-0.1, -0.05) is 12.1 Å². The molecule has 2 aromatic carbocycles. The van der Waals surface area contributed by atoms with Crippen molar-refractivity contribution in [1.82, 2.24) is 5.32 Å². The van der Waals surface area contributed by atoms with Crippen LogP contribution < -0.4 is 10.1 Å². The first-order valence-electron chi connectivity index (χ1n) is 6.45. The number of halogens is 1. The Hall–Kier alpha value is -2.34. The number of hydrogen-bond donors (Lipinski definition) is 2. The Morgan fingerprint density at radius 2 is 1.77 bits per heavy atom. The molecule has 114 valence electrons. The van der Waals surface area contributed by atoms with Crippen LogP contribution >= 0.6 is 15.9 Å². The van der Waals surface area contributed by atoms with Crippen LogP contribution in [0.4, 0.5) is 0 Å². The van der Waals surface area contributed by atoms with Gasteiger partial charge in [0.1, 0.15) is 5.75 Å². The second-order valence-corrected chi connectivity index (χ2v) is 5.39. The van der Waals surface area contributed by atoms with Gasteiger partial charge in [-0.3, -0.25) is 4.79 Å². The monoisotopic (exact) mass is 363 g/mol. The van der Waals surface area contributed by atoms with Gasteiger partial charge in [0.2, 0.25) is 0 Å². The molecule has 0 bridgehead atoms. The number of carboxylic acid groups (broad SMARTS) is 1. The highest BCUT2D eigenvalue weighted by molar-refractivity contribution is 9.10. The lowest BCUT2D eigenvalue weighted by Crippen LogP contribution is -2.22. The zero-order chi connectivity index (χ0) is 16.1. The number of rotatable bonds is 5. The molecule has 0 aliphatic rings. The summed E-state index contributed by atoms with van der Waals surface area (Å²) in [4.78, 5) is 22.8. The molecule has 0 heterocycles. The smallest absolute Gasteiger partial charge is 0.335 e. The number of ether oxygens (including phenoxy) is 1. The summed E-state index contributed by atoms with van der Waals surface area (Å²) in [6.07, 6.45) is 0. The van der Waals surface area contributed by atoms with Crippen LogP contribution in [-0.2, 0) is 6.54 Å². The minimum atomic E-state index is -0.973.